The number of nitrogens with zero attached hydrogens (tertiary/aromatic N) is 2. The second-order valence-electron chi connectivity index (χ2n) is 4.00. The van der Waals surface area contributed by atoms with E-state index in [1.807, 2.05) is 0 Å². The Hall–Kier alpha value is -1.28. The smallest absolute Gasteiger partial charge is 0.284 e. The standard InChI is InChI=1S/C11H12BrN3O/c1-3-4-15-11(16)10(12)9(6-13-15)14-8-5-7(8)2/h1,6-8,14H,4-5H2,2H3. The van der Waals surface area contributed by atoms with E-state index in [0.717, 1.165) is 12.1 Å². The summed E-state index contributed by atoms with van der Waals surface area (Å²) in [5, 5.41) is 7.27. The maximum Gasteiger partial charge on any atom is 0.284 e. The molecule has 1 fully saturated rings. The van der Waals surface area contributed by atoms with Crippen molar-refractivity contribution in [1.82, 2.24) is 9.78 Å². The maximum absolute atomic E-state index is 11.8. The zero-order valence-electron chi connectivity index (χ0n) is 8.90. The van der Waals surface area contributed by atoms with Gasteiger partial charge >= 0.3 is 0 Å². The summed E-state index contributed by atoms with van der Waals surface area (Å²) in [6.07, 6.45) is 7.92. The van der Waals surface area contributed by atoms with Gasteiger partial charge in [-0.2, -0.15) is 5.10 Å². The van der Waals surface area contributed by atoms with Crippen molar-refractivity contribution in [2.75, 3.05) is 5.32 Å². The number of hydrogen-bond donors (Lipinski definition) is 1. The number of aromatic nitrogens is 2. The molecule has 4 nitrogen and oxygen atoms in total. The first-order valence-corrected chi connectivity index (χ1v) is 5.88. The van der Waals surface area contributed by atoms with Crippen LogP contribution in [0.3, 0.4) is 0 Å². The molecule has 1 aliphatic carbocycles. The molecule has 5 heteroatoms. The molecule has 1 aromatic rings. The van der Waals surface area contributed by atoms with Gasteiger partial charge in [0, 0.05) is 6.04 Å². The van der Waals surface area contributed by atoms with Gasteiger partial charge in [-0.3, -0.25) is 4.79 Å². The minimum atomic E-state index is -0.198. The van der Waals surface area contributed by atoms with Gasteiger partial charge in [0.05, 0.1) is 11.9 Å². The first kappa shape index (κ1) is 11.2. The highest BCUT2D eigenvalue weighted by Gasteiger charge is 2.33. The number of anilines is 1. The van der Waals surface area contributed by atoms with Crippen LogP contribution in [0.2, 0.25) is 0 Å². The van der Waals surface area contributed by atoms with E-state index in [-0.39, 0.29) is 12.1 Å². The summed E-state index contributed by atoms with van der Waals surface area (Å²) < 4.78 is 1.75. The summed E-state index contributed by atoms with van der Waals surface area (Å²) in [4.78, 5) is 11.8. The second-order valence-corrected chi connectivity index (χ2v) is 4.80. The number of hydrogen-bond acceptors (Lipinski definition) is 3. The Labute approximate surface area is 102 Å². The van der Waals surface area contributed by atoms with Gasteiger partial charge in [0.2, 0.25) is 0 Å². The van der Waals surface area contributed by atoms with E-state index < -0.39 is 0 Å². The van der Waals surface area contributed by atoms with Crippen molar-refractivity contribution >= 4 is 21.6 Å². The van der Waals surface area contributed by atoms with Gasteiger partial charge in [-0.05, 0) is 28.3 Å². The van der Waals surface area contributed by atoms with Gasteiger partial charge in [-0.1, -0.05) is 12.8 Å². The molecule has 2 rings (SSSR count). The molecule has 2 unspecified atom stereocenters. The average Bonchev–Trinajstić information content (AvgIpc) is 2.94. The van der Waals surface area contributed by atoms with E-state index in [1.165, 1.54) is 4.68 Å². The molecular weight excluding hydrogens is 270 g/mol. The topological polar surface area (TPSA) is 46.9 Å². The maximum atomic E-state index is 11.8. The zero-order valence-corrected chi connectivity index (χ0v) is 10.5. The molecule has 0 radical (unpaired) electrons. The van der Waals surface area contributed by atoms with Crippen LogP contribution in [0.15, 0.2) is 15.5 Å². The van der Waals surface area contributed by atoms with Crippen molar-refractivity contribution in [1.29, 1.82) is 0 Å². The minimum Gasteiger partial charge on any atom is -0.380 e. The molecule has 1 saturated carbocycles. The summed E-state index contributed by atoms with van der Waals surface area (Å²) in [5.74, 6) is 3.06. The first-order chi connectivity index (χ1) is 7.63. The van der Waals surface area contributed by atoms with Crippen LogP contribution >= 0.6 is 15.9 Å². The Kier molecular flexibility index (Phi) is 3.01. The van der Waals surface area contributed by atoms with Crippen LogP contribution in [0.25, 0.3) is 0 Å². The van der Waals surface area contributed by atoms with E-state index >= 15 is 0 Å². The number of terminal acetylenes is 1. The van der Waals surface area contributed by atoms with Crippen molar-refractivity contribution in [2.24, 2.45) is 5.92 Å². The van der Waals surface area contributed by atoms with Crippen LogP contribution < -0.4 is 10.9 Å². The third kappa shape index (κ3) is 2.12. The Balaban J connectivity index is 2.25. The normalized spacial score (nSPS) is 22.6. The summed E-state index contributed by atoms with van der Waals surface area (Å²) >= 11 is 3.27. The van der Waals surface area contributed by atoms with E-state index in [9.17, 15) is 4.79 Å². The molecule has 0 saturated heterocycles. The van der Waals surface area contributed by atoms with Crippen LogP contribution in [0.1, 0.15) is 13.3 Å². The van der Waals surface area contributed by atoms with Gasteiger partial charge in [0.15, 0.2) is 0 Å². The first-order valence-electron chi connectivity index (χ1n) is 5.09. The molecule has 1 N–H and O–H groups in total. The Morgan fingerprint density at radius 2 is 2.50 bits per heavy atom. The van der Waals surface area contributed by atoms with E-state index in [1.54, 1.807) is 6.20 Å². The summed E-state index contributed by atoms with van der Waals surface area (Å²) in [7, 11) is 0. The lowest BCUT2D eigenvalue weighted by Crippen LogP contribution is -2.24. The molecule has 1 aromatic heterocycles. The molecule has 84 valence electrons. The van der Waals surface area contributed by atoms with Crippen LogP contribution in [0.4, 0.5) is 5.69 Å². The average molecular weight is 282 g/mol. The monoisotopic (exact) mass is 281 g/mol. The SMILES string of the molecule is C#CCn1ncc(NC2CC2C)c(Br)c1=O. The van der Waals surface area contributed by atoms with Crippen LogP contribution in [0.5, 0.6) is 0 Å². The number of nitrogens with one attached hydrogen (secondary N) is 1. The lowest BCUT2D eigenvalue weighted by molar-refractivity contribution is 0.659. The van der Waals surface area contributed by atoms with Crippen molar-refractivity contribution in [3.05, 3.63) is 21.0 Å². The van der Waals surface area contributed by atoms with Crippen LogP contribution in [0, 0.1) is 18.3 Å². The highest BCUT2D eigenvalue weighted by Crippen LogP contribution is 2.33. The third-order valence-electron chi connectivity index (χ3n) is 2.68. The quantitative estimate of drug-likeness (QED) is 0.854. The van der Waals surface area contributed by atoms with E-state index in [2.05, 4.69) is 39.2 Å². The molecule has 1 heterocycles. The van der Waals surface area contributed by atoms with Crippen LogP contribution in [-0.4, -0.2) is 15.8 Å². The lowest BCUT2D eigenvalue weighted by atomic mass is 10.4. The van der Waals surface area contributed by atoms with Gasteiger partial charge in [-0.15, -0.1) is 6.42 Å². The highest BCUT2D eigenvalue weighted by molar-refractivity contribution is 9.10. The highest BCUT2D eigenvalue weighted by atomic mass is 79.9. The third-order valence-corrected chi connectivity index (χ3v) is 3.44. The lowest BCUT2D eigenvalue weighted by Gasteiger charge is -2.08. The Morgan fingerprint density at radius 3 is 3.06 bits per heavy atom. The van der Waals surface area contributed by atoms with Crippen LogP contribution in [-0.2, 0) is 6.54 Å². The molecule has 2 atom stereocenters. The molecule has 0 aliphatic heterocycles. The number of halogens is 1. The van der Waals surface area contributed by atoms with Crippen molar-refractivity contribution in [3.63, 3.8) is 0 Å². The summed E-state index contributed by atoms with van der Waals surface area (Å²) in [6.45, 7) is 2.36. The minimum absolute atomic E-state index is 0.192. The van der Waals surface area contributed by atoms with Gasteiger partial charge in [0.1, 0.15) is 11.0 Å². The molecule has 0 bridgehead atoms. The fourth-order valence-corrected chi connectivity index (χ4v) is 1.91. The summed E-state index contributed by atoms with van der Waals surface area (Å²) in [6, 6.07) is 0.459. The fraction of sp³-hybridized carbons (Fsp3) is 0.455. The molecule has 1 aliphatic rings. The van der Waals surface area contributed by atoms with Gasteiger partial charge in [-0.25, -0.2) is 4.68 Å². The molecule has 0 spiro atoms. The Bertz CT molecular complexity index is 503. The van der Waals surface area contributed by atoms with E-state index in [4.69, 9.17) is 6.42 Å². The van der Waals surface area contributed by atoms with Gasteiger partial charge < -0.3 is 5.32 Å². The largest absolute Gasteiger partial charge is 0.380 e. The molecular formula is C11H12BrN3O. The molecule has 16 heavy (non-hydrogen) atoms. The van der Waals surface area contributed by atoms with Gasteiger partial charge in [0.25, 0.3) is 5.56 Å². The second kappa shape index (κ2) is 4.30. The van der Waals surface area contributed by atoms with Crippen molar-refractivity contribution < 1.29 is 0 Å². The van der Waals surface area contributed by atoms with E-state index in [0.29, 0.717) is 16.4 Å². The molecule has 0 amide bonds. The van der Waals surface area contributed by atoms with Crippen molar-refractivity contribution in [3.8, 4) is 12.3 Å². The molecule has 0 aromatic carbocycles. The zero-order chi connectivity index (χ0) is 11.7. The van der Waals surface area contributed by atoms with Crippen molar-refractivity contribution in [2.45, 2.75) is 25.9 Å². The Morgan fingerprint density at radius 1 is 1.81 bits per heavy atom. The predicted octanol–water partition coefficient (Wildman–Crippen LogP) is 1.46. The number of rotatable bonds is 3. The summed E-state index contributed by atoms with van der Waals surface area (Å²) in [5.41, 5.74) is 0.545. The predicted molar refractivity (Wildman–Crippen MR) is 66.2 cm³/mol. The fourth-order valence-electron chi connectivity index (χ4n) is 1.49.